The van der Waals surface area contributed by atoms with Crippen molar-refractivity contribution in [2.75, 3.05) is 4.90 Å². The number of imide groups is 1. The van der Waals surface area contributed by atoms with Crippen LogP contribution >= 0.6 is 11.6 Å². The van der Waals surface area contributed by atoms with E-state index in [1.807, 2.05) is 0 Å². The molecule has 4 amide bonds. The van der Waals surface area contributed by atoms with Crippen molar-refractivity contribution in [3.05, 3.63) is 88.0 Å². The number of aromatic nitrogens is 1. The molecule has 1 aliphatic carbocycles. The van der Waals surface area contributed by atoms with Gasteiger partial charge in [0.1, 0.15) is 17.6 Å². The van der Waals surface area contributed by atoms with Crippen LogP contribution in [0.2, 0.25) is 5.02 Å². The average Bonchev–Trinajstić information content (AvgIpc) is 3.28. The first-order valence-corrected chi connectivity index (χ1v) is 13.3. The Labute approximate surface area is 242 Å². The van der Waals surface area contributed by atoms with Crippen LogP contribution in [-0.2, 0) is 10.4 Å². The molecule has 6 rings (SSSR count). The van der Waals surface area contributed by atoms with Crippen molar-refractivity contribution in [1.29, 1.82) is 0 Å². The normalized spacial score (nSPS) is 17.4. The highest BCUT2D eigenvalue weighted by atomic mass is 35.5. The molecule has 1 aromatic heterocycles. The number of fused-ring (bicyclic) bond motifs is 4. The standard InChI is InChI=1S/C31H23ClF2N4O4/c1-13-16(5-4-6-23(13)38-29(40)19-10-15(33)11-21(34)26(19)37-30(38)41)24-20(32)12-18(28(35)39)27-25(24)17-8-7-14(31(2,3)42)9-22(17)36-27/h4-12,19,36,42H,1-3H3,(H2,35,39). The summed E-state index contributed by atoms with van der Waals surface area (Å²) in [5, 5.41) is 12.0. The number of aromatic amines is 1. The number of rotatable bonds is 4. The number of allylic oxidation sites excluding steroid dienone is 3. The molecule has 0 saturated carbocycles. The Kier molecular flexibility index (Phi) is 6.18. The molecule has 8 nitrogen and oxygen atoms in total. The molecule has 2 heterocycles. The van der Waals surface area contributed by atoms with Crippen LogP contribution in [0.5, 0.6) is 0 Å². The SMILES string of the molecule is Cc1c(-c2c(Cl)cc(C(N)=O)c3[nH]c4cc(C(C)(C)O)ccc4c23)cccc1N1C(=O)N=C2C(F)=CC(F)=CC2C1=O. The zero-order chi connectivity index (χ0) is 30.2. The Hall–Kier alpha value is -4.67. The fourth-order valence-corrected chi connectivity index (χ4v) is 5.88. The third-order valence-electron chi connectivity index (χ3n) is 7.64. The molecule has 0 spiro atoms. The van der Waals surface area contributed by atoms with E-state index in [2.05, 4.69) is 9.98 Å². The van der Waals surface area contributed by atoms with Crippen molar-refractivity contribution in [3.63, 3.8) is 0 Å². The molecule has 4 N–H and O–H groups in total. The van der Waals surface area contributed by atoms with E-state index in [1.165, 1.54) is 12.1 Å². The summed E-state index contributed by atoms with van der Waals surface area (Å²) >= 11 is 6.81. The largest absolute Gasteiger partial charge is 0.386 e. The fraction of sp³-hybridized carbons (Fsp3) is 0.161. The van der Waals surface area contributed by atoms with Gasteiger partial charge in [-0.1, -0.05) is 35.9 Å². The Balaban J connectivity index is 1.59. The number of hydrogen-bond acceptors (Lipinski definition) is 4. The van der Waals surface area contributed by atoms with Gasteiger partial charge in [0.15, 0.2) is 0 Å². The van der Waals surface area contributed by atoms with E-state index in [9.17, 15) is 28.3 Å². The van der Waals surface area contributed by atoms with E-state index in [-0.39, 0.29) is 16.3 Å². The zero-order valence-corrected chi connectivity index (χ0v) is 23.3. The molecule has 11 heteroatoms. The second kappa shape index (κ2) is 9.43. The number of urea groups is 1. The Morgan fingerprint density at radius 1 is 1.17 bits per heavy atom. The van der Waals surface area contributed by atoms with Crippen LogP contribution in [0.25, 0.3) is 32.9 Å². The number of benzene rings is 3. The lowest BCUT2D eigenvalue weighted by Crippen LogP contribution is -2.47. The Morgan fingerprint density at radius 2 is 1.90 bits per heavy atom. The molecule has 0 fully saturated rings. The van der Waals surface area contributed by atoms with Crippen molar-refractivity contribution in [1.82, 2.24) is 4.98 Å². The number of hydrogen-bond donors (Lipinski definition) is 3. The first-order valence-electron chi connectivity index (χ1n) is 12.9. The highest BCUT2D eigenvalue weighted by Crippen LogP contribution is 2.45. The summed E-state index contributed by atoms with van der Waals surface area (Å²) in [7, 11) is 0. The number of aliphatic hydroxyl groups is 1. The second-order valence-corrected chi connectivity index (χ2v) is 11.2. The van der Waals surface area contributed by atoms with Crippen LogP contribution < -0.4 is 10.6 Å². The number of carbonyl (C=O) groups excluding carboxylic acids is 3. The first-order chi connectivity index (χ1) is 19.8. The summed E-state index contributed by atoms with van der Waals surface area (Å²) in [4.78, 5) is 46.7. The number of carbonyl (C=O) groups is 3. The maximum atomic E-state index is 14.3. The van der Waals surface area contributed by atoms with Crippen LogP contribution in [0, 0.1) is 12.8 Å². The van der Waals surface area contributed by atoms with Gasteiger partial charge in [0, 0.05) is 33.0 Å². The van der Waals surface area contributed by atoms with Crippen molar-refractivity contribution >= 4 is 62.7 Å². The van der Waals surface area contributed by atoms with Gasteiger partial charge >= 0.3 is 6.03 Å². The quantitative estimate of drug-likeness (QED) is 0.251. The van der Waals surface area contributed by atoms with Gasteiger partial charge in [0.25, 0.3) is 5.91 Å². The molecule has 1 aliphatic heterocycles. The number of aliphatic imine (C=N–C) groups is 1. The lowest BCUT2D eigenvalue weighted by molar-refractivity contribution is -0.118. The molecule has 3 aromatic carbocycles. The van der Waals surface area contributed by atoms with Crippen molar-refractivity contribution in [2.45, 2.75) is 26.4 Å². The summed E-state index contributed by atoms with van der Waals surface area (Å²) in [6.45, 7) is 4.98. The van der Waals surface area contributed by atoms with Crippen LogP contribution in [0.3, 0.4) is 0 Å². The van der Waals surface area contributed by atoms with Crippen molar-refractivity contribution in [2.24, 2.45) is 16.6 Å². The molecule has 42 heavy (non-hydrogen) atoms. The van der Waals surface area contributed by atoms with Gasteiger partial charge in [0.05, 0.1) is 28.1 Å². The number of nitrogens with zero attached hydrogens (tertiary/aromatic N) is 2. The average molecular weight is 589 g/mol. The smallest absolute Gasteiger partial charge is 0.355 e. The molecule has 0 radical (unpaired) electrons. The topological polar surface area (TPSA) is 129 Å². The van der Waals surface area contributed by atoms with Crippen molar-refractivity contribution in [3.8, 4) is 11.1 Å². The van der Waals surface area contributed by atoms with Crippen LogP contribution in [0.4, 0.5) is 19.3 Å². The lowest BCUT2D eigenvalue weighted by Gasteiger charge is -2.30. The van der Waals surface area contributed by atoms with Gasteiger partial charge in [-0.05, 0) is 61.7 Å². The van der Waals surface area contributed by atoms with Crippen LogP contribution in [0.15, 0.2) is 71.3 Å². The van der Waals surface area contributed by atoms with E-state index in [0.29, 0.717) is 50.1 Å². The van der Waals surface area contributed by atoms with Crippen molar-refractivity contribution < 1.29 is 28.3 Å². The predicted octanol–water partition coefficient (Wildman–Crippen LogP) is 6.52. The van der Waals surface area contributed by atoms with Gasteiger partial charge in [0.2, 0.25) is 5.91 Å². The maximum Gasteiger partial charge on any atom is 0.355 e. The van der Waals surface area contributed by atoms with Gasteiger partial charge in [-0.25, -0.2) is 18.5 Å². The number of nitrogens with one attached hydrogen (secondary N) is 1. The van der Waals surface area contributed by atoms with E-state index in [0.717, 1.165) is 11.0 Å². The monoisotopic (exact) mass is 588 g/mol. The predicted molar refractivity (Wildman–Crippen MR) is 157 cm³/mol. The minimum absolute atomic E-state index is 0.151. The Morgan fingerprint density at radius 3 is 2.60 bits per heavy atom. The number of H-pyrrole nitrogens is 1. The van der Waals surface area contributed by atoms with Gasteiger partial charge in [-0.2, -0.15) is 4.99 Å². The maximum absolute atomic E-state index is 14.3. The van der Waals surface area contributed by atoms with Gasteiger partial charge in [-0.15, -0.1) is 0 Å². The highest BCUT2D eigenvalue weighted by Gasteiger charge is 2.41. The lowest BCUT2D eigenvalue weighted by atomic mass is 9.90. The molecule has 1 unspecified atom stereocenters. The molecule has 4 aromatic rings. The summed E-state index contributed by atoms with van der Waals surface area (Å²) in [6.07, 6.45) is 1.49. The highest BCUT2D eigenvalue weighted by molar-refractivity contribution is 6.38. The molecule has 2 aliphatic rings. The first kappa shape index (κ1) is 27.5. The molecule has 0 saturated heterocycles. The molecule has 212 valence electrons. The summed E-state index contributed by atoms with van der Waals surface area (Å²) < 4.78 is 28.4. The molecule has 1 atom stereocenters. The fourth-order valence-electron chi connectivity index (χ4n) is 5.57. The summed E-state index contributed by atoms with van der Waals surface area (Å²) in [5.74, 6) is -4.99. The van der Waals surface area contributed by atoms with E-state index in [4.69, 9.17) is 17.3 Å². The van der Waals surface area contributed by atoms with Crippen LogP contribution in [-0.4, -0.2) is 33.6 Å². The van der Waals surface area contributed by atoms with Gasteiger partial charge in [-0.3, -0.25) is 9.59 Å². The number of anilines is 1. The summed E-state index contributed by atoms with van der Waals surface area (Å²) in [6, 6.07) is 10.6. The second-order valence-electron chi connectivity index (χ2n) is 10.8. The molecule has 0 bridgehead atoms. The minimum Gasteiger partial charge on any atom is -0.386 e. The number of amides is 4. The third-order valence-corrected chi connectivity index (χ3v) is 7.94. The molecular formula is C31H23ClF2N4O4. The third kappa shape index (κ3) is 4.14. The number of halogens is 3. The molecular weight excluding hydrogens is 566 g/mol. The van der Waals surface area contributed by atoms with Gasteiger partial charge < -0.3 is 15.8 Å². The summed E-state index contributed by atoms with van der Waals surface area (Å²) in [5.41, 5.74) is 7.58. The van der Waals surface area contributed by atoms with Crippen LogP contribution in [0.1, 0.15) is 35.3 Å². The zero-order valence-electron chi connectivity index (χ0n) is 22.6. The minimum atomic E-state index is -1.40. The number of primary amides is 1. The number of nitrogens with two attached hydrogens (primary N) is 1. The van der Waals surface area contributed by atoms with E-state index >= 15 is 0 Å². The Bertz CT molecular complexity index is 2000. The van der Waals surface area contributed by atoms with E-state index in [1.54, 1.807) is 51.1 Å². The van der Waals surface area contributed by atoms with E-state index < -0.39 is 46.7 Å².